The van der Waals surface area contributed by atoms with Crippen LogP contribution in [0, 0.1) is 0 Å². The summed E-state index contributed by atoms with van der Waals surface area (Å²) in [4.78, 5) is 47.0. The van der Waals surface area contributed by atoms with Crippen LogP contribution in [0.15, 0.2) is 55.2 Å². The number of benzene rings is 1. The van der Waals surface area contributed by atoms with Gasteiger partial charge in [0.05, 0.1) is 23.3 Å². The van der Waals surface area contributed by atoms with Crippen molar-refractivity contribution >= 4 is 34.5 Å². The number of aromatic nitrogens is 5. The van der Waals surface area contributed by atoms with E-state index in [2.05, 4.69) is 40.9 Å². The molecule has 0 saturated heterocycles. The number of rotatable bonds is 9. The van der Waals surface area contributed by atoms with Gasteiger partial charge in [0.2, 0.25) is 11.9 Å². The summed E-state index contributed by atoms with van der Waals surface area (Å²) >= 11 is 0. The zero-order valence-corrected chi connectivity index (χ0v) is 20.3. The molecule has 3 N–H and O–H groups in total. The Bertz CT molecular complexity index is 1370. The molecule has 0 aliphatic rings. The highest BCUT2D eigenvalue weighted by atomic mass is 16.2. The maximum atomic E-state index is 12.2. The van der Waals surface area contributed by atoms with E-state index in [0.717, 1.165) is 22.0 Å². The maximum absolute atomic E-state index is 12.2. The van der Waals surface area contributed by atoms with Crippen molar-refractivity contribution in [2.75, 3.05) is 44.9 Å². The van der Waals surface area contributed by atoms with Gasteiger partial charge in [0.25, 0.3) is 5.91 Å². The normalized spacial score (nSPS) is 10.6. The topological polar surface area (TPSA) is 138 Å². The predicted molar refractivity (Wildman–Crippen MR) is 138 cm³/mol. The van der Waals surface area contributed by atoms with Gasteiger partial charge in [-0.3, -0.25) is 14.6 Å². The molecule has 4 aromatic rings. The Morgan fingerprint density at radius 1 is 0.972 bits per heavy atom. The zero-order chi connectivity index (χ0) is 25.5. The van der Waals surface area contributed by atoms with Crippen LogP contribution in [0.5, 0.6) is 0 Å². The Labute approximate surface area is 208 Å². The van der Waals surface area contributed by atoms with Crippen molar-refractivity contribution in [2.45, 2.75) is 6.42 Å². The molecule has 4 rings (SSSR count). The van der Waals surface area contributed by atoms with Crippen molar-refractivity contribution in [2.24, 2.45) is 0 Å². The average Bonchev–Trinajstić information content (AvgIpc) is 2.91. The standard InChI is InChI=1S/C25H27N9O2/c1-26-24(36)19-8-10-28-23-16(5-4-6-18(19)23)7-9-27-21-11-20(32-15-33-21)17-12-29-25(30-13-17)31-14-22(35)34(2)3/h4-6,8,10-13,15H,7,9,14H2,1-3H3,(H,26,36)(H,27,32,33)(H,29,30,31). The molecule has 0 aliphatic carbocycles. The number of carbonyl (C=O) groups excluding carboxylic acids is 2. The van der Waals surface area contributed by atoms with Crippen LogP contribution in [0.3, 0.4) is 0 Å². The summed E-state index contributed by atoms with van der Waals surface area (Å²) in [6.45, 7) is 0.730. The minimum Gasteiger partial charge on any atom is -0.370 e. The van der Waals surface area contributed by atoms with Gasteiger partial charge >= 0.3 is 0 Å². The maximum Gasteiger partial charge on any atom is 0.251 e. The summed E-state index contributed by atoms with van der Waals surface area (Å²) in [6.07, 6.45) is 7.12. The fourth-order valence-corrected chi connectivity index (χ4v) is 3.57. The van der Waals surface area contributed by atoms with Crippen molar-refractivity contribution in [1.29, 1.82) is 0 Å². The molecule has 0 spiro atoms. The highest BCUT2D eigenvalue weighted by Gasteiger charge is 2.11. The quantitative estimate of drug-likeness (QED) is 0.325. The number of hydrogen-bond donors (Lipinski definition) is 3. The second-order valence-electron chi connectivity index (χ2n) is 8.15. The molecule has 3 heterocycles. The number of fused-ring (bicyclic) bond motifs is 1. The molecule has 0 unspecified atom stereocenters. The van der Waals surface area contributed by atoms with E-state index in [9.17, 15) is 9.59 Å². The molecule has 0 radical (unpaired) electrons. The third-order valence-corrected chi connectivity index (χ3v) is 5.54. The summed E-state index contributed by atoms with van der Waals surface area (Å²) in [5.41, 5.74) is 3.84. The van der Waals surface area contributed by atoms with Crippen LogP contribution in [0.25, 0.3) is 22.2 Å². The molecule has 11 nitrogen and oxygen atoms in total. The van der Waals surface area contributed by atoms with Gasteiger partial charge in [-0.1, -0.05) is 18.2 Å². The number of para-hydroxylation sites is 1. The Morgan fingerprint density at radius 2 is 1.78 bits per heavy atom. The number of nitrogens with zero attached hydrogens (tertiary/aromatic N) is 6. The van der Waals surface area contributed by atoms with E-state index < -0.39 is 0 Å². The van der Waals surface area contributed by atoms with Crippen LogP contribution in [0.2, 0.25) is 0 Å². The van der Waals surface area contributed by atoms with E-state index in [1.807, 2.05) is 24.3 Å². The van der Waals surface area contributed by atoms with Gasteiger partial charge in [-0.15, -0.1) is 0 Å². The molecule has 0 bridgehead atoms. The number of pyridine rings is 1. The molecule has 0 saturated carbocycles. The molecule has 11 heteroatoms. The second-order valence-corrected chi connectivity index (χ2v) is 8.15. The molecular weight excluding hydrogens is 458 g/mol. The summed E-state index contributed by atoms with van der Waals surface area (Å²) < 4.78 is 0. The molecule has 184 valence electrons. The van der Waals surface area contributed by atoms with Gasteiger partial charge in [-0.05, 0) is 18.1 Å². The SMILES string of the molecule is CNC(=O)c1ccnc2c(CCNc3cc(-c4cnc(NCC(=O)N(C)C)nc4)ncn3)cccc12. The summed E-state index contributed by atoms with van der Waals surface area (Å²) in [5, 5.41) is 9.71. The van der Waals surface area contributed by atoms with Gasteiger partial charge in [-0.2, -0.15) is 0 Å². The van der Waals surface area contributed by atoms with Gasteiger partial charge in [0, 0.05) is 63.3 Å². The van der Waals surface area contributed by atoms with Gasteiger partial charge in [-0.25, -0.2) is 19.9 Å². The summed E-state index contributed by atoms with van der Waals surface area (Å²) in [7, 11) is 5.00. The zero-order valence-electron chi connectivity index (χ0n) is 20.3. The third kappa shape index (κ3) is 5.69. The van der Waals surface area contributed by atoms with Crippen molar-refractivity contribution in [3.63, 3.8) is 0 Å². The molecule has 2 amide bonds. The second kappa shape index (κ2) is 11.2. The number of likely N-dealkylation sites (N-methyl/N-ethyl adjacent to an activating group) is 1. The average molecular weight is 486 g/mol. The molecule has 0 atom stereocenters. The molecule has 3 aromatic heterocycles. The highest BCUT2D eigenvalue weighted by molar-refractivity contribution is 6.06. The lowest BCUT2D eigenvalue weighted by Crippen LogP contribution is -2.29. The molecule has 36 heavy (non-hydrogen) atoms. The first-order valence-electron chi connectivity index (χ1n) is 11.4. The van der Waals surface area contributed by atoms with Crippen LogP contribution in [0.4, 0.5) is 11.8 Å². The van der Waals surface area contributed by atoms with E-state index in [0.29, 0.717) is 36.0 Å². The molecule has 0 fully saturated rings. The van der Waals surface area contributed by atoms with Crippen molar-refractivity contribution in [3.05, 3.63) is 66.4 Å². The van der Waals surface area contributed by atoms with Gasteiger partial charge in [0.1, 0.15) is 12.1 Å². The van der Waals surface area contributed by atoms with E-state index in [4.69, 9.17) is 0 Å². The number of amides is 2. The molecule has 1 aromatic carbocycles. The summed E-state index contributed by atoms with van der Waals surface area (Å²) in [6, 6.07) is 9.40. The highest BCUT2D eigenvalue weighted by Crippen LogP contribution is 2.22. The number of carbonyl (C=O) groups is 2. The van der Waals surface area contributed by atoms with Crippen molar-refractivity contribution < 1.29 is 9.59 Å². The summed E-state index contributed by atoms with van der Waals surface area (Å²) in [5.74, 6) is 0.823. The lowest BCUT2D eigenvalue weighted by molar-refractivity contribution is -0.126. The van der Waals surface area contributed by atoms with E-state index in [-0.39, 0.29) is 18.4 Å². The van der Waals surface area contributed by atoms with Crippen LogP contribution >= 0.6 is 0 Å². The van der Waals surface area contributed by atoms with E-state index >= 15 is 0 Å². The Kier molecular flexibility index (Phi) is 7.59. The first-order chi connectivity index (χ1) is 17.5. The molecule has 0 aliphatic heterocycles. The first-order valence-corrected chi connectivity index (χ1v) is 11.4. The Hall–Kier alpha value is -4.67. The number of hydrogen-bond acceptors (Lipinski definition) is 9. The lowest BCUT2D eigenvalue weighted by Gasteiger charge is -2.11. The fourth-order valence-electron chi connectivity index (χ4n) is 3.57. The van der Waals surface area contributed by atoms with Crippen LogP contribution in [0.1, 0.15) is 15.9 Å². The Balaban J connectivity index is 1.40. The minimum atomic E-state index is -0.138. The van der Waals surface area contributed by atoms with Crippen LogP contribution < -0.4 is 16.0 Å². The van der Waals surface area contributed by atoms with Gasteiger partial charge < -0.3 is 20.9 Å². The van der Waals surface area contributed by atoms with Crippen LogP contribution in [-0.2, 0) is 11.2 Å². The van der Waals surface area contributed by atoms with Crippen molar-refractivity contribution in [3.8, 4) is 11.3 Å². The fraction of sp³-hybridized carbons (Fsp3) is 0.240. The number of anilines is 2. The lowest BCUT2D eigenvalue weighted by atomic mass is 10.0. The van der Waals surface area contributed by atoms with E-state index in [1.54, 1.807) is 45.8 Å². The van der Waals surface area contributed by atoms with E-state index in [1.165, 1.54) is 11.2 Å². The third-order valence-electron chi connectivity index (χ3n) is 5.54. The predicted octanol–water partition coefficient (Wildman–Crippen LogP) is 2.00. The van der Waals surface area contributed by atoms with Crippen molar-refractivity contribution in [1.82, 2.24) is 35.1 Å². The molecular formula is C25H27N9O2. The van der Waals surface area contributed by atoms with Gasteiger partial charge in [0.15, 0.2) is 0 Å². The smallest absolute Gasteiger partial charge is 0.251 e. The first kappa shape index (κ1) is 24.5. The monoisotopic (exact) mass is 485 g/mol. The largest absolute Gasteiger partial charge is 0.370 e. The Morgan fingerprint density at radius 3 is 2.53 bits per heavy atom. The number of nitrogens with one attached hydrogen (secondary N) is 3. The van der Waals surface area contributed by atoms with Crippen LogP contribution in [-0.4, -0.2) is 75.9 Å². The minimum absolute atomic E-state index is 0.0691.